The number of rotatable bonds is 21. The normalized spacial score (nSPS) is 13.1. The summed E-state index contributed by atoms with van der Waals surface area (Å²) in [5, 5.41) is 20.8. The highest BCUT2D eigenvalue weighted by molar-refractivity contribution is 5.80. The number of amides is 1. The van der Waals surface area contributed by atoms with Crippen LogP contribution in [0.4, 0.5) is 0 Å². The van der Waals surface area contributed by atoms with Crippen molar-refractivity contribution in [1.29, 1.82) is 0 Å². The van der Waals surface area contributed by atoms with Gasteiger partial charge in [0.1, 0.15) is 6.54 Å². The van der Waals surface area contributed by atoms with Gasteiger partial charge in [-0.05, 0) is 37.7 Å². The molecule has 1 aliphatic carbocycles. The second kappa shape index (κ2) is 19.2. The minimum Gasteiger partial charge on any atom is -0.512 e. The molecule has 0 bridgehead atoms. The molecule has 1 aliphatic rings. The largest absolute Gasteiger partial charge is 0.512 e. The lowest BCUT2D eigenvalue weighted by Crippen LogP contribution is -2.28. The Labute approximate surface area is 190 Å². The van der Waals surface area contributed by atoms with Crippen LogP contribution < -0.4 is 5.32 Å². The third-order valence-electron chi connectivity index (χ3n) is 6.37. The molecule has 0 unspecified atom stereocenters. The summed E-state index contributed by atoms with van der Waals surface area (Å²) in [6, 6.07) is 0. The van der Waals surface area contributed by atoms with E-state index in [0.717, 1.165) is 38.5 Å². The van der Waals surface area contributed by atoms with E-state index in [4.69, 9.17) is 5.11 Å². The van der Waals surface area contributed by atoms with Gasteiger partial charge in [-0.3, -0.25) is 9.59 Å². The molecule has 5 heteroatoms. The molecule has 0 atom stereocenters. The predicted octanol–water partition coefficient (Wildman–Crippen LogP) is 7.21. The Bertz CT molecular complexity index is 510. The quantitative estimate of drug-likeness (QED) is 0.131. The third-order valence-corrected chi connectivity index (χ3v) is 6.37. The van der Waals surface area contributed by atoms with Crippen LogP contribution in [0.2, 0.25) is 0 Å². The van der Waals surface area contributed by atoms with E-state index < -0.39 is 5.97 Å². The van der Waals surface area contributed by atoms with Gasteiger partial charge in [0.25, 0.3) is 0 Å². The summed E-state index contributed by atoms with van der Waals surface area (Å²) in [6.07, 6.45) is 25.0. The maximum absolute atomic E-state index is 11.4. The summed E-state index contributed by atoms with van der Waals surface area (Å²) >= 11 is 0. The average Bonchev–Trinajstić information content (AvgIpc) is 2.70. The van der Waals surface area contributed by atoms with Crippen molar-refractivity contribution in [2.24, 2.45) is 0 Å². The van der Waals surface area contributed by atoms with Crippen LogP contribution in [0.25, 0.3) is 0 Å². The van der Waals surface area contributed by atoms with Crippen molar-refractivity contribution in [1.82, 2.24) is 5.32 Å². The van der Waals surface area contributed by atoms with E-state index in [-0.39, 0.29) is 12.5 Å². The summed E-state index contributed by atoms with van der Waals surface area (Å²) in [4.78, 5) is 21.7. The average molecular weight is 438 g/mol. The number of unbranched alkanes of at least 4 members (excludes halogenated alkanes) is 15. The lowest BCUT2D eigenvalue weighted by atomic mass is 9.90. The van der Waals surface area contributed by atoms with Crippen molar-refractivity contribution >= 4 is 11.9 Å². The molecule has 0 aromatic carbocycles. The van der Waals surface area contributed by atoms with E-state index in [1.165, 1.54) is 95.5 Å². The molecule has 0 heterocycles. The van der Waals surface area contributed by atoms with E-state index in [1.807, 2.05) is 0 Å². The van der Waals surface area contributed by atoms with Gasteiger partial charge in [-0.25, -0.2) is 0 Å². The first-order chi connectivity index (χ1) is 15.1. The topological polar surface area (TPSA) is 86.6 Å². The number of aliphatic hydroxyl groups is 1. The first-order valence-corrected chi connectivity index (χ1v) is 13.0. The van der Waals surface area contributed by atoms with Crippen LogP contribution in [-0.4, -0.2) is 28.6 Å². The van der Waals surface area contributed by atoms with Gasteiger partial charge in [-0.1, -0.05) is 89.9 Å². The lowest BCUT2D eigenvalue weighted by Gasteiger charge is -2.18. The Kier molecular flexibility index (Phi) is 17.0. The van der Waals surface area contributed by atoms with E-state index in [2.05, 4.69) is 5.32 Å². The molecule has 31 heavy (non-hydrogen) atoms. The minimum absolute atomic E-state index is 0.153. The van der Waals surface area contributed by atoms with Gasteiger partial charge in [-0.15, -0.1) is 0 Å². The number of hydrogen-bond acceptors (Lipinski definition) is 3. The molecule has 1 rings (SSSR count). The van der Waals surface area contributed by atoms with Crippen LogP contribution in [0.3, 0.4) is 0 Å². The molecule has 0 saturated heterocycles. The monoisotopic (exact) mass is 437 g/mol. The van der Waals surface area contributed by atoms with Gasteiger partial charge >= 0.3 is 5.97 Å². The van der Waals surface area contributed by atoms with Crippen molar-refractivity contribution in [3.05, 3.63) is 11.3 Å². The predicted molar refractivity (Wildman–Crippen MR) is 127 cm³/mol. The molecule has 3 N–H and O–H groups in total. The molecular formula is C26H47NO4. The molecule has 0 aromatic heterocycles. The smallest absolute Gasteiger partial charge is 0.322 e. The van der Waals surface area contributed by atoms with E-state index >= 15 is 0 Å². The number of carboxylic acid groups (broad SMARTS) is 1. The Morgan fingerprint density at radius 2 is 1.00 bits per heavy atom. The van der Waals surface area contributed by atoms with Gasteiger partial charge < -0.3 is 15.5 Å². The van der Waals surface area contributed by atoms with Crippen LogP contribution in [0, 0.1) is 0 Å². The van der Waals surface area contributed by atoms with Gasteiger partial charge in [-0.2, -0.15) is 0 Å². The molecule has 180 valence electrons. The molecule has 0 aromatic rings. The summed E-state index contributed by atoms with van der Waals surface area (Å²) < 4.78 is 0. The summed E-state index contributed by atoms with van der Waals surface area (Å²) in [7, 11) is 0. The molecule has 1 amide bonds. The first-order valence-electron chi connectivity index (χ1n) is 13.0. The molecule has 1 saturated carbocycles. The van der Waals surface area contributed by atoms with Crippen molar-refractivity contribution < 1.29 is 19.8 Å². The van der Waals surface area contributed by atoms with Crippen LogP contribution in [0.15, 0.2) is 11.3 Å². The summed E-state index contributed by atoms with van der Waals surface area (Å²) in [5.41, 5.74) is 1.32. The lowest BCUT2D eigenvalue weighted by molar-refractivity contribution is -0.137. The van der Waals surface area contributed by atoms with Gasteiger partial charge in [0.2, 0.25) is 5.91 Å². The highest BCUT2D eigenvalue weighted by Crippen LogP contribution is 2.29. The zero-order valence-electron chi connectivity index (χ0n) is 19.8. The molecule has 0 spiro atoms. The van der Waals surface area contributed by atoms with Gasteiger partial charge in [0.15, 0.2) is 0 Å². The van der Waals surface area contributed by atoms with Crippen molar-refractivity contribution in [3.8, 4) is 0 Å². The van der Waals surface area contributed by atoms with E-state index in [9.17, 15) is 14.7 Å². The van der Waals surface area contributed by atoms with Gasteiger partial charge in [0, 0.05) is 12.8 Å². The summed E-state index contributed by atoms with van der Waals surface area (Å²) in [6.45, 7) is -0.274. The number of allylic oxidation sites excluding steroid dienone is 2. The maximum atomic E-state index is 11.4. The Hall–Kier alpha value is -1.52. The number of carbonyl (C=O) groups excluding carboxylic acids is 1. The highest BCUT2D eigenvalue weighted by Gasteiger charge is 2.13. The van der Waals surface area contributed by atoms with Crippen LogP contribution in [-0.2, 0) is 9.59 Å². The molecular weight excluding hydrogens is 390 g/mol. The van der Waals surface area contributed by atoms with Crippen molar-refractivity contribution in [2.75, 3.05) is 6.54 Å². The second-order valence-electron chi connectivity index (χ2n) is 9.23. The van der Waals surface area contributed by atoms with Crippen LogP contribution in [0.5, 0.6) is 0 Å². The minimum atomic E-state index is -0.992. The summed E-state index contributed by atoms with van der Waals surface area (Å²) in [5.74, 6) is -0.445. The number of aliphatic hydroxyl groups excluding tert-OH is 1. The van der Waals surface area contributed by atoms with Gasteiger partial charge in [0.05, 0.1) is 5.76 Å². The van der Waals surface area contributed by atoms with Crippen LogP contribution >= 0.6 is 0 Å². The Morgan fingerprint density at radius 3 is 1.35 bits per heavy atom. The molecule has 5 nitrogen and oxygen atoms in total. The number of carbonyl (C=O) groups is 2. The fraction of sp³-hybridized carbons (Fsp3) is 0.846. The fourth-order valence-electron chi connectivity index (χ4n) is 4.13. The number of hydrogen-bond donors (Lipinski definition) is 3. The fourth-order valence-corrected chi connectivity index (χ4v) is 4.13. The Balaban J connectivity index is 1.70. The molecule has 1 fully saturated rings. The molecule has 0 aliphatic heterocycles. The Morgan fingerprint density at radius 1 is 0.613 bits per heavy atom. The van der Waals surface area contributed by atoms with E-state index in [1.54, 1.807) is 0 Å². The zero-order valence-corrected chi connectivity index (χ0v) is 19.8. The second-order valence-corrected chi connectivity index (χ2v) is 9.23. The number of carboxylic acids is 1. The van der Waals surface area contributed by atoms with Crippen molar-refractivity contribution in [2.45, 2.75) is 135 Å². The first kappa shape index (κ1) is 27.5. The standard InChI is InChI=1S/C26H47NO4/c28-24(23-18-17-19-23)20-15-13-11-9-7-5-3-1-2-4-6-8-10-12-14-16-21-25(29)27-22-26(30)31/h28H,1-22H2,(H,27,29)(H,30,31). The third kappa shape index (κ3) is 16.8. The number of nitrogens with one attached hydrogen (secondary N) is 1. The van der Waals surface area contributed by atoms with E-state index in [0.29, 0.717) is 12.2 Å². The zero-order chi connectivity index (χ0) is 22.6. The molecule has 0 radical (unpaired) electrons. The van der Waals surface area contributed by atoms with Crippen molar-refractivity contribution in [3.63, 3.8) is 0 Å². The highest BCUT2D eigenvalue weighted by atomic mass is 16.4. The maximum Gasteiger partial charge on any atom is 0.322 e. The van der Waals surface area contributed by atoms with Crippen LogP contribution in [0.1, 0.15) is 135 Å². The SMILES string of the molecule is O=C(O)CNC(=O)CCCCCCCCCCCCCCCCCCC(O)=C1CCC1. The number of aliphatic carboxylic acids is 1.